The quantitative estimate of drug-likeness (QED) is 0.877. The first-order valence-corrected chi connectivity index (χ1v) is 8.25. The minimum atomic E-state index is -0.514. The lowest BCUT2D eigenvalue weighted by atomic mass is 9.73. The minimum absolute atomic E-state index is 0.0298. The van der Waals surface area contributed by atoms with Crippen LogP contribution in [-0.4, -0.2) is 28.8 Å². The molecule has 1 amide bonds. The van der Waals surface area contributed by atoms with Crippen molar-refractivity contribution >= 4 is 11.9 Å². The molecule has 1 aromatic heterocycles. The van der Waals surface area contributed by atoms with Crippen LogP contribution in [0.5, 0.6) is 0 Å². The van der Waals surface area contributed by atoms with Crippen LogP contribution in [0.2, 0.25) is 0 Å². The number of fused-ring (bicyclic) bond motifs is 2. The molecule has 0 unspecified atom stereocenters. The van der Waals surface area contributed by atoms with Crippen molar-refractivity contribution < 1.29 is 4.79 Å². The molecule has 2 heterocycles. The van der Waals surface area contributed by atoms with Crippen LogP contribution in [0.1, 0.15) is 30.4 Å². The van der Waals surface area contributed by atoms with Gasteiger partial charge in [0.05, 0.1) is 12.0 Å². The van der Waals surface area contributed by atoms with Crippen LogP contribution in [0.3, 0.4) is 0 Å². The summed E-state index contributed by atoms with van der Waals surface area (Å²) in [6.07, 6.45) is 6.90. The maximum absolute atomic E-state index is 12.4. The average Bonchev–Trinajstić information content (AvgIpc) is 2.61. The van der Waals surface area contributed by atoms with Gasteiger partial charge >= 0.3 is 0 Å². The summed E-state index contributed by atoms with van der Waals surface area (Å²) in [5, 5.41) is 0. The highest BCUT2D eigenvalue weighted by Crippen LogP contribution is 2.44. The van der Waals surface area contributed by atoms with Crippen LogP contribution < -0.4 is 5.73 Å². The third-order valence-electron chi connectivity index (χ3n) is 5.13. The Morgan fingerprint density at radius 1 is 1.25 bits per heavy atom. The zero-order chi connectivity index (χ0) is 16.7. The van der Waals surface area contributed by atoms with E-state index < -0.39 is 5.54 Å². The molecular weight excluding hydrogens is 300 g/mol. The zero-order valence-corrected chi connectivity index (χ0v) is 13.7. The molecule has 0 saturated heterocycles. The molecule has 1 aliphatic heterocycles. The first-order chi connectivity index (χ1) is 11.6. The van der Waals surface area contributed by atoms with Gasteiger partial charge in [-0.05, 0) is 53.6 Å². The first kappa shape index (κ1) is 14.9. The van der Waals surface area contributed by atoms with Crippen molar-refractivity contribution in [3.63, 3.8) is 0 Å². The molecule has 0 radical (unpaired) electrons. The van der Waals surface area contributed by atoms with Crippen molar-refractivity contribution in [3.05, 3.63) is 53.9 Å². The fourth-order valence-corrected chi connectivity index (χ4v) is 3.78. The number of aryl methyl sites for hydroxylation is 1. The highest BCUT2D eigenvalue weighted by Gasteiger charge is 2.42. The van der Waals surface area contributed by atoms with E-state index in [0.29, 0.717) is 12.4 Å². The molecule has 0 bridgehead atoms. The van der Waals surface area contributed by atoms with Crippen LogP contribution in [0.25, 0.3) is 11.1 Å². The fraction of sp³-hybridized carbons (Fsp3) is 0.316. The SMILES string of the molecule is CN1C(=O)C[C@]2(CCCc3ccc(-c4cccnc4)cc32)N=C1N. The van der Waals surface area contributed by atoms with Gasteiger partial charge in [0.15, 0.2) is 5.96 Å². The van der Waals surface area contributed by atoms with Gasteiger partial charge in [-0.25, -0.2) is 4.99 Å². The Bertz CT molecular complexity index is 831. The van der Waals surface area contributed by atoms with Crippen LogP contribution in [0.4, 0.5) is 0 Å². The first-order valence-electron chi connectivity index (χ1n) is 8.25. The largest absolute Gasteiger partial charge is 0.369 e. The summed E-state index contributed by atoms with van der Waals surface area (Å²) in [4.78, 5) is 22.8. The van der Waals surface area contributed by atoms with Crippen molar-refractivity contribution in [1.29, 1.82) is 0 Å². The summed E-state index contributed by atoms with van der Waals surface area (Å²) >= 11 is 0. The Balaban J connectivity index is 1.87. The number of carbonyl (C=O) groups excluding carboxylic acids is 1. The summed E-state index contributed by atoms with van der Waals surface area (Å²) in [6, 6.07) is 10.4. The van der Waals surface area contributed by atoms with E-state index >= 15 is 0 Å². The molecule has 24 heavy (non-hydrogen) atoms. The number of pyridine rings is 1. The van der Waals surface area contributed by atoms with Gasteiger partial charge in [-0.2, -0.15) is 0 Å². The molecule has 2 N–H and O–H groups in total. The Hall–Kier alpha value is -2.69. The number of nitrogens with zero attached hydrogens (tertiary/aromatic N) is 3. The number of benzene rings is 1. The molecule has 2 aliphatic rings. The third kappa shape index (κ3) is 2.28. The van der Waals surface area contributed by atoms with Crippen LogP contribution in [0, 0.1) is 0 Å². The Kier molecular flexibility index (Phi) is 3.37. The van der Waals surface area contributed by atoms with Crippen LogP contribution in [-0.2, 0) is 16.8 Å². The number of hydrogen-bond acceptors (Lipinski definition) is 4. The number of rotatable bonds is 1. The molecule has 1 aliphatic carbocycles. The number of nitrogens with two attached hydrogens (primary N) is 1. The number of aliphatic imine (C=N–C) groups is 1. The smallest absolute Gasteiger partial charge is 0.231 e. The second-order valence-electron chi connectivity index (χ2n) is 6.60. The predicted molar refractivity (Wildman–Crippen MR) is 93.3 cm³/mol. The van der Waals surface area contributed by atoms with E-state index in [1.807, 2.05) is 18.3 Å². The molecule has 1 atom stereocenters. The van der Waals surface area contributed by atoms with Gasteiger partial charge in [0.2, 0.25) is 5.91 Å². The fourth-order valence-electron chi connectivity index (χ4n) is 3.78. The van der Waals surface area contributed by atoms with Crippen LogP contribution in [0.15, 0.2) is 47.7 Å². The second kappa shape index (κ2) is 5.44. The summed E-state index contributed by atoms with van der Waals surface area (Å²) < 4.78 is 0. The molecular formula is C19H20N4O. The zero-order valence-electron chi connectivity index (χ0n) is 13.7. The number of guanidine groups is 1. The maximum Gasteiger partial charge on any atom is 0.231 e. The highest BCUT2D eigenvalue weighted by atomic mass is 16.2. The van der Waals surface area contributed by atoms with E-state index in [9.17, 15) is 4.79 Å². The van der Waals surface area contributed by atoms with Crippen molar-refractivity contribution in [3.8, 4) is 11.1 Å². The van der Waals surface area contributed by atoms with Gasteiger partial charge in [-0.15, -0.1) is 0 Å². The predicted octanol–water partition coefficient (Wildman–Crippen LogP) is 2.46. The molecule has 122 valence electrons. The normalized spacial score (nSPS) is 23.1. The summed E-state index contributed by atoms with van der Waals surface area (Å²) in [5.74, 6) is 0.341. The number of carbonyl (C=O) groups is 1. The van der Waals surface area contributed by atoms with E-state index in [0.717, 1.165) is 36.0 Å². The standard InChI is InChI=1S/C19H20N4O/c1-23-17(24)11-19(22-18(23)20)8-2-4-13-6-7-14(10-16(13)19)15-5-3-9-21-12-15/h3,5-7,9-10,12H,2,4,8,11H2,1H3,(H2,20,22)/t19-/m0/s1. The minimum Gasteiger partial charge on any atom is -0.369 e. The highest BCUT2D eigenvalue weighted by molar-refractivity contribution is 5.99. The Morgan fingerprint density at radius 2 is 2.12 bits per heavy atom. The van der Waals surface area contributed by atoms with Gasteiger partial charge in [0, 0.05) is 19.4 Å². The molecule has 5 heteroatoms. The topological polar surface area (TPSA) is 71.6 Å². The van der Waals surface area contributed by atoms with E-state index in [4.69, 9.17) is 10.7 Å². The van der Waals surface area contributed by atoms with Crippen molar-refractivity contribution in [2.24, 2.45) is 10.7 Å². The van der Waals surface area contributed by atoms with Gasteiger partial charge in [0.1, 0.15) is 0 Å². The lowest BCUT2D eigenvalue weighted by Crippen LogP contribution is -2.49. The number of aromatic nitrogens is 1. The lowest BCUT2D eigenvalue weighted by Gasteiger charge is -2.40. The number of hydrogen-bond donors (Lipinski definition) is 1. The lowest BCUT2D eigenvalue weighted by molar-refractivity contribution is -0.128. The number of amides is 1. The van der Waals surface area contributed by atoms with Gasteiger partial charge < -0.3 is 5.73 Å². The monoisotopic (exact) mass is 320 g/mol. The van der Waals surface area contributed by atoms with Gasteiger partial charge in [-0.3, -0.25) is 14.7 Å². The van der Waals surface area contributed by atoms with Crippen molar-refractivity contribution in [2.75, 3.05) is 7.05 Å². The van der Waals surface area contributed by atoms with Crippen LogP contribution >= 0.6 is 0 Å². The third-order valence-corrected chi connectivity index (χ3v) is 5.13. The van der Waals surface area contributed by atoms with Crippen molar-refractivity contribution in [2.45, 2.75) is 31.2 Å². The molecule has 5 nitrogen and oxygen atoms in total. The molecule has 0 fully saturated rings. The molecule has 2 aromatic rings. The molecule has 0 saturated carbocycles. The molecule has 4 rings (SSSR count). The summed E-state index contributed by atoms with van der Waals surface area (Å²) in [6.45, 7) is 0. The van der Waals surface area contributed by atoms with E-state index in [1.165, 1.54) is 10.5 Å². The summed E-state index contributed by atoms with van der Waals surface area (Å²) in [7, 11) is 1.68. The van der Waals surface area contributed by atoms with Gasteiger partial charge in [-0.1, -0.05) is 18.2 Å². The summed E-state index contributed by atoms with van der Waals surface area (Å²) in [5.41, 5.74) is 10.1. The average molecular weight is 320 g/mol. The maximum atomic E-state index is 12.4. The van der Waals surface area contributed by atoms with E-state index in [-0.39, 0.29) is 5.91 Å². The molecule has 1 spiro atoms. The van der Waals surface area contributed by atoms with E-state index in [1.54, 1.807) is 13.2 Å². The Morgan fingerprint density at radius 3 is 2.88 bits per heavy atom. The van der Waals surface area contributed by atoms with E-state index in [2.05, 4.69) is 23.2 Å². The van der Waals surface area contributed by atoms with Gasteiger partial charge in [0.25, 0.3) is 0 Å². The van der Waals surface area contributed by atoms with Crippen molar-refractivity contribution in [1.82, 2.24) is 9.88 Å². The Labute approximate surface area is 141 Å². The molecule has 1 aromatic carbocycles. The second-order valence-corrected chi connectivity index (χ2v) is 6.60.